The van der Waals surface area contributed by atoms with Gasteiger partial charge in [0.05, 0.1) is 7.11 Å². The third-order valence-corrected chi connectivity index (χ3v) is 3.82. The number of hydrogen-bond acceptors (Lipinski definition) is 4. The van der Waals surface area contributed by atoms with Gasteiger partial charge in [-0.05, 0) is 41.3 Å². The molecule has 102 valence electrons. The molecule has 0 saturated heterocycles. The van der Waals surface area contributed by atoms with Crippen molar-refractivity contribution in [3.63, 3.8) is 0 Å². The quantitative estimate of drug-likeness (QED) is 0.631. The Morgan fingerprint density at radius 3 is 2.84 bits per heavy atom. The fourth-order valence-corrected chi connectivity index (χ4v) is 2.70. The fraction of sp³-hybridized carbons (Fsp3) is 0.286. The van der Waals surface area contributed by atoms with Crippen molar-refractivity contribution < 1.29 is 9.13 Å². The summed E-state index contributed by atoms with van der Waals surface area (Å²) in [5, 5.41) is 4.13. The Labute approximate surface area is 116 Å². The fourth-order valence-electron chi connectivity index (χ4n) is 1.99. The number of nitrogens with one attached hydrogen (secondary N) is 1. The Morgan fingerprint density at radius 1 is 1.42 bits per heavy atom. The van der Waals surface area contributed by atoms with E-state index < -0.39 is 0 Å². The summed E-state index contributed by atoms with van der Waals surface area (Å²) < 4.78 is 19.0. The highest BCUT2D eigenvalue weighted by atomic mass is 32.1. The molecule has 0 fully saturated rings. The summed E-state index contributed by atoms with van der Waals surface area (Å²) in [5.41, 5.74) is 4.50. The van der Waals surface area contributed by atoms with Gasteiger partial charge in [-0.15, -0.1) is 0 Å². The molecule has 5 heteroatoms. The van der Waals surface area contributed by atoms with Gasteiger partial charge in [-0.2, -0.15) is 11.3 Å². The molecule has 3 N–H and O–H groups in total. The minimum absolute atomic E-state index is 0.203. The van der Waals surface area contributed by atoms with E-state index in [2.05, 4.69) is 16.9 Å². The molecule has 0 spiro atoms. The number of halogens is 1. The van der Waals surface area contributed by atoms with E-state index in [1.807, 2.05) is 5.38 Å². The zero-order valence-electron chi connectivity index (χ0n) is 10.7. The molecule has 2 rings (SSSR count). The summed E-state index contributed by atoms with van der Waals surface area (Å²) in [6.07, 6.45) is 1.61. The maximum atomic E-state index is 14.0. The number of aryl methyl sites for hydroxylation is 1. The highest BCUT2D eigenvalue weighted by Crippen LogP contribution is 2.25. The molecule has 3 nitrogen and oxygen atoms in total. The number of ether oxygens (including phenoxy) is 1. The number of rotatable bonds is 6. The molecule has 0 amide bonds. The summed E-state index contributed by atoms with van der Waals surface area (Å²) in [5.74, 6) is 5.75. The smallest absolute Gasteiger partial charge is 0.131 e. The van der Waals surface area contributed by atoms with Crippen LogP contribution >= 0.6 is 11.3 Å². The standard InChI is InChI=1S/C14H17FN2OS/c1-18-11-3-4-12(13(15)8-11)14(17-16)5-2-10-6-7-19-9-10/h3-4,6-9,14,17H,2,5,16H2,1H3. The van der Waals surface area contributed by atoms with Crippen LogP contribution < -0.4 is 16.0 Å². The molecule has 1 aromatic heterocycles. The van der Waals surface area contributed by atoms with Gasteiger partial charge >= 0.3 is 0 Å². The first-order valence-electron chi connectivity index (χ1n) is 6.05. The second kappa shape index (κ2) is 6.65. The van der Waals surface area contributed by atoms with E-state index in [1.54, 1.807) is 23.5 Å². The zero-order chi connectivity index (χ0) is 13.7. The maximum Gasteiger partial charge on any atom is 0.131 e. The highest BCUT2D eigenvalue weighted by molar-refractivity contribution is 7.07. The number of nitrogens with two attached hydrogens (primary N) is 1. The van der Waals surface area contributed by atoms with Crippen molar-refractivity contribution in [1.29, 1.82) is 0 Å². The minimum atomic E-state index is -0.299. The third kappa shape index (κ3) is 3.53. The Kier molecular flexibility index (Phi) is 4.90. The van der Waals surface area contributed by atoms with Crippen molar-refractivity contribution in [2.45, 2.75) is 18.9 Å². The number of methoxy groups -OCH3 is 1. The van der Waals surface area contributed by atoms with Gasteiger partial charge in [0, 0.05) is 17.7 Å². The van der Waals surface area contributed by atoms with Gasteiger partial charge in [0.25, 0.3) is 0 Å². The Morgan fingerprint density at radius 2 is 2.26 bits per heavy atom. The average Bonchev–Trinajstić information content (AvgIpc) is 2.94. The Balaban J connectivity index is 2.08. The second-order valence-electron chi connectivity index (χ2n) is 4.28. The van der Waals surface area contributed by atoms with Crippen LogP contribution in [0.4, 0.5) is 4.39 Å². The topological polar surface area (TPSA) is 47.3 Å². The molecule has 0 bridgehead atoms. The summed E-state index contributed by atoms with van der Waals surface area (Å²) in [6, 6.07) is 6.71. The normalized spacial score (nSPS) is 12.4. The predicted molar refractivity (Wildman–Crippen MR) is 75.7 cm³/mol. The summed E-state index contributed by atoms with van der Waals surface area (Å²) >= 11 is 1.66. The molecule has 19 heavy (non-hydrogen) atoms. The van der Waals surface area contributed by atoms with E-state index in [4.69, 9.17) is 10.6 Å². The Hall–Kier alpha value is -1.43. The van der Waals surface area contributed by atoms with Crippen LogP contribution in [0.2, 0.25) is 0 Å². The number of thiophene rings is 1. The molecular weight excluding hydrogens is 263 g/mol. The molecule has 1 unspecified atom stereocenters. The van der Waals surface area contributed by atoms with E-state index in [0.717, 1.165) is 12.8 Å². The minimum Gasteiger partial charge on any atom is -0.497 e. The molecule has 1 atom stereocenters. The first-order chi connectivity index (χ1) is 9.24. The molecule has 0 aliphatic carbocycles. The van der Waals surface area contributed by atoms with Gasteiger partial charge in [0.15, 0.2) is 0 Å². The van der Waals surface area contributed by atoms with Crippen LogP contribution in [-0.2, 0) is 6.42 Å². The molecular formula is C14H17FN2OS. The number of hydrazine groups is 1. The van der Waals surface area contributed by atoms with E-state index in [0.29, 0.717) is 11.3 Å². The van der Waals surface area contributed by atoms with Gasteiger partial charge in [-0.25, -0.2) is 4.39 Å². The van der Waals surface area contributed by atoms with Crippen molar-refractivity contribution in [1.82, 2.24) is 5.43 Å². The van der Waals surface area contributed by atoms with E-state index in [-0.39, 0.29) is 11.9 Å². The van der Waals surface area contributed by atoms with Crippen molar-refractivity contribution in [2.24, 2.45) is 5.84 Å². The summed E-state index contributed by atoms with van der Waals surface area (Å²) in [4.78, 5) is 0. The van der Waals surface area contributed by atoms with Crippen LogP contribution in [0.5, 0.6) is 5.75 Å². The molecule has 0 saturated carbocycles. The molecule has 1 heterocycles. The highest BCUT2D eigenvalue weighted by Gasteiger charge is 2.15. The number of benzene rings is 1. The van der Waals surface area contributed by atoms with Crippen molar-refractivity contribution in [3.05, 3.63) is 52.0 Å². The van der Waals surface area contributed by atoms with Crippen LogP contribution in [0.3, 0.4) is 0 Å². The average molecular weight is 280 g/mol. The van der Waals surface area contributed by atoms with E-state index in [1.165, 1.54) is 18.7 Å². The lowest BCUT2D eigenvalue weighted by Crippen LogP contribution is -2.29. The SMILES string of the molecule is COc1ccc(C(CCc2ccsc2)NN)c(F)c1. The van der Waals surface area contributed by atoms with Crippen molar-refractivity contribution >= 4 is 11.3 Å². The predicted octanol–water partition coefficient (Wildman–Crippen LogP) is 3.03. The van der Waals surface area contributed by atoms with Crippen molar-refractivity contribution in [2.75, 3.05) is 7.11 Å². The van der Waals surface area contributed by atoms with Gasteiger partial charge in [0.1, 0.15) is 11.6 Å². The monoisotopic (exact) mass is 280 g/mol. The van der Waals surface area contributed by atoms with E-state index >= 15 is 0 Å². The van der Waals surface area contributed by atoms with Gasteiger partial charge in [-0.3, -0.25) is 11.3 Å². The molecule has 1 aromatic carbocycles. The lowest BCUT2D eigenvalue weighted by Gasteiger charge is -2.17. The third-order valence-electron chi connectivity index (χ3n) is 3.09. The van der Waals surface area contributed by atoms with Crippen LogP contribution in [0, 0.1) is 5.82 Å². The summed E-state index contributed by atoms with van der Waals surface area (Å²) in [7, 11) is 1.52. The Bertz CT molecular complexity index is 516. The van der Waals surface area contributed by atoms with Gasteiger partial charge < -0.3 is 4.74 Å². The molecule has 2 aromatic rings. The van der Waals surface area contributed by atoms with E-state index in [9.17, 15) is 4.39 Å². The molecule has 0 aliphatic rings. The lowest BCUT2D eigenvalue weighted by atomic mass is 10.00. The largest absolute Gasteiger partial charge is 0.497 e. The summed E-state index contributed by atoms with van der Waals surface area (Å²) in [6.45, 7) is 0. The van der Waals surface area contributed by atoms with Gasteiger partial charge in [-0.1, -0.05) is 6.07 Å². The molecule has 0 aliphatic heterocycles. The second-order valence-corrected chi connectivity index (χ2v) is 5.06. The van der Waals surface area contributed by atoms with Crippen LogP contribution in [-0.4, -0.2) is 7.11 Å². The lowest BCUT2D eigenvalue weighted by molar-refractivity contribution is 0.408. The zero-order valence-corrected chi connectivity index (χ0v) is 11.5. The van der Waals surface area contributed by atoms with Crippen LogP contribution in [0.1, 0.15) is 23.6 Å². The van der Waals surface area contributed by atoms with Gasteiger partial charge in [0.2, 0.25) is 0 Å². The van der Waals surface area contributed by atoms with Crippen LogP contribution in [0.15, 0.2) is 35.0 Å². The number of hydrogen-bond donors (Lipinski definition) is 2. The first-order valence-corrected chi connectivity index (χ1v) is 6.99. The molecule has 0 radical (unpaired) electrons. The first kappa shape index (κ1) is 14.0. The van der Waals surface area contributed by atoms with Crippen LogP contribution in [0.25, 0.3) is 0 Å². The maximum absolute atomic E-state index is 14.0. The van der Waals surface area contributed by atoms with Crippen molar-refractivity contribution in [3.8, 4) is 5.75 Å².